The van der Waals surface area contributed by atoms with Crippen molar-refractivity contribution in [3.05, 3.63) is 71.0 Å². The van der Waals surface area contributed by atoms with Gasteiger partial charge in [0.2, 0.25) is 0 Å². The van der Waals surface area contributed by atoms with Gasteiger partial charge in [-0.2, -0.15) is 0 Å². The number of ketones is 1. The molecule has 0 atom stereocenters. The van der Waals surface area contributed by atoms with Gasteiger partial charge in [0.05, 0.1) is 0 Å². The van der Waals surface area contributed by atoms with E-state index in [0.717, 1.165) is 18.2 Å². The van der Waals surface area contributed by atoms with Gasteiger partial charge in [0.25, 0.3) is 0 Å². The zero-order valence-corrected chi connectivity index (χ0v) is 8.58. The van der Waals surface area contributed by atoms with Crippen LogP contribution in [0.25, 0.3) is 0 Å². The molecule has 0 N–H and O–H groups in total. The summed E-state index contributed by atoms with van der Waals surface area (Å²) in [6.45, 7) is 0. The number of benzene rings is 2. The quantitative estimate of drug-likeness (QED) is 0.731. The predicted octanol–water partition coefficient (Wildman–Crippen LogP) is 3.33. The Morgan fingerprint density at radius 1 is 0.765 bits per heavy atom. The van der Waals surface area contributed by atoms with Crippen LogP contribution in [-0.2, 0) is 0 Å². The minimum Gasteiger partial charge on any atom is -0.289 e. The number of hydrogen-bond acceptors (Lipinski definition) is 1. The Morgan fingerprint density at radius 3 is 1.94 bits per heavy atom. The number of carbonyl (C=O) groups excluding carboxylic acids is 1. The average molecular weight is 236 g/mol. The normalized spacial score (nSPS) is 10.3. The highest BCUT2D eigenvalue weighted by molar-refractivity contribution is 6.08. The maximum absolute atomic E-state index is 12.9. The van der Waals surface area contributed by atoms with Crippen LogP contribution in [0, 0.1) is 17.5 Å². The largest absolute Gasteiger partial charge is 0.289 e. The second-order valence-electron chi connectivity index (χ2n) is 3.50. The molecule has 1 nitrogen and oxygen atoms in total. The Morgan fingerprint density at radius 2 is 1.35 bits per heavy atom. The summed E-state index contributed by atoms with van der Waals surface area (Å²) in [7, 11) is 0. The summed E-state index contributed by atoms with van der Waals surface area (Å²) in [5.41, 5.74) is -0.0944. The Balaban J connectivity index is 2.43. The Labute approximate surface area is 95.5 Å². The summed E-state index contributed by atoms with van der Waals surface area (Å²) in [5.74, 6) is -2.88. The van der Waals surface area contributed by atoms with Crippen molar-refractivity contribution < 1.29 is 18.0 Å². The highest BCUT2D eigenvalue weighted by atomic mass is 19.1. The van der Waals surface area contributed by atoms with E-state index in [9.17, 15) is 18.0 Å². The number of hydrogen-bond donors (Lipinski definition) is 0. The Kier molecular flexibility index (Phi) is 2.95. The van der Waals surface area contributed by atoms with Crippen LogP contribution >= 0.6 is 0 Å². The number of carbonyl (C=O) groups is 1. The summed E-state index contributed by atoms with van der Waals surface area (Å²) in [5, 5.41) is 0. The molecular weight excluding hydrogens is 229 g/mol. The van der Waals surface area contributed by atoms with Crippen LogP contribution in [-0.4, -0.2) is 5.78 Å². The lowest BCUT2D eigenvalue weighted by molar-refractivity contribution is 0.103. The molecule has 17 heavy (non-hydrogen) atoms. The van der Waals surface area contributed by atoms with Crippen molar-refractivity contribution in [2.24, 2.45) is 0 Å². The second-order valence-corrected chi connectivity index (χ2v) is 3.50. The van der Waals surface area contributed by atoms with E-state index in [1.54, 1.807) is 0 Å². The van der Waals surface area contributed by atoms with Gasteiger partial charge in [0, 0.05) is 17.2 Å². The van der Waals surface area contributed by atoms with Gasteiger partial charge >= 0.3 is 0 Å². The molecule has 0 bridgehead atoms. The minimum absolute atomic E-state index is 0.0509. The van der Waals surface area contributed by atoms with Gasteiger partial charge in [0.15, 0.2) is 5.78 Å². The van der Waals surface area contributed by atoms with Gasteiger partial charge in [-0.05, 0) is 24.3 Å². The van der Waals surface area contributed by atoms with Crippen molar-refractivity contribution >= 4 is 5.78 Å². The highest BCUT2D eigenvalue weighted by Crippen LogP contribution is 2.14. The molecule has 0 unspecified atom stereocenters. The summed E-state index contributed by atoms with van der Waals surface area (Å²) in [6, 6.07) is 7.44. The molecule has 0 saturated carbocycles. The van der Waals surface area contributed by atoms with Crippen molar-refractivity contribution in [2.45, 2.75) is 0 Å². The molecule has 0 aliphatic rings. The molecule has 0 amide bonds. The molecule has 0 spiro atoms. The fraction of sp³-hybridized carbons (Fsp3) is 0. The molecule has 0 saturated heterocycles. The van der Waals surface area contributed by atoms with Crippen LogP contribution in [0.3, 0.4) is 0 Å². The Hall–Kier alpha value is -2.10. The fourth-order valence-corrected chi connectivity index (χ4v) is 1.48. The lowest BCUT2D eigenvalue weighted by Crippen LogP contribution is -2.03. The zero-order valence-electron chi connectivity index (χ0n) is 8.58. The molecule has 0 aliphatic heterocycles. The van der Waals surface area contributed by atoms with Crippen LogP contribution in [0.15, 0.2) is 42.5 Å². The first kappa shape index (κ1) is 11.4. The molecule has 2 rings (SSSR count). The van der Waals surface area contributed by atoms with Crippen molar-refractivity contribution in [2.75, 3.05) is 0 Å². The maximum atomic E-state index is 12.9. The Bertz CT molecular complexity index is 558. The molecule has 0 radical (unpaired) electrons. The lowest BCUT2D eigenvalue weighted by atomic mass is 10.0. The fourth-order valence-electron chi connectivity index (χ4n) is 1.48. The first-order valence-electron chi connectivity index (χ1n) is 4.82. The van der Waals surface area contributed by atoms with Gasteiger partial charge in [-0.3, -0.25) is 4.79 Å². The molecule has 0 aliphatic carbocycles. The van der Waals surface area contributed by atoms with E-state index in [4.69, 9.17) is 0 Å². The van der Waals surface area contributed by atoms with Crippen molar-refractivity contribution in [1.29, 1.82) is 0 Å². The third-order valence-electron chi connectivity index (χ3n) is 2.21. The summed E-state index contributed by atoms with van der Waals surface area (Å²) < 4.78 is 38.7. The van der Waals surface area contributed by atoms with E-state index in [1.165, 1.54) is 18.2 Å². The van der Waals surface area contributed by atoms with E-state index in [-0.39, 0.29) is 11.1 Å². The standard InChI is InChI=1S/C13H7F3O/c14-10-3-1-2-8(4-10)13(17)9-5-11(15)7-12(16)6-9/h1-7H. The average Bonchev–Trinajstić information content (AvgIpc) is 2.26. The third-order valence-corrected chi connectivity index (χ3v) is 2.21. The van der Waals surface area contributed by atoms with Crippen LogP contribution in [0.5, 0.6) is 0 Å². The van der Waals surface area contributed by atoms with Crippen LogP contribution < -0.4 is 0 Å². The van der Waals surface area contributed by atoms with E-state index in [2.05, 4.69) is 0 Å². The van der Waals surface area contributed by atoms with E-state index >= 15 is 0 Å². The molecule has 86 valence electrons. The van der Waals surface area contributed by atoms with Crippen LogP contribution in [0.4, 0.5) is 13.2 Å². The third kappa shape index (κ3) is 2.53. The molecule has 0 heterocycles. The highest BCUT2D eigenvalue weighted by Gasteiger charge is 2.12. The molecule has 0 fully saturated rings. The molecule has 0 aromatic heterocycles. The summed E-state index contributed by atoms with van der Waals surface area (Å²) in [4.78, 5) is 11.8. The zero-order chi connectivity index (χ0) is 12.4. The van der Waals surface area contributed by atoms with Crippen LogP contribution in [0.1, 0.15) is 15.9 Å². The summed E-state index contributed by atoms with van der Waals surface area (Å²) >= 11 is 0. The monoisotopic (exact) mass is 236 g/mol. The van der Waals surface area contributed by atoms with Crippen molar-refractivity contribution in [3.8, 4) is 0 Å². The van der Waals surface area contributed by atoms with Crippen LogP contribution in [0.2, 0.25) is 0 Å². The van der Waals surface area contributed by atoms with Gasteiger partial charge in [-0.15, -0.1) is 0 Å². The molecule has 2 aromatic carbocycles. The smallest absolute Gasteiger partial charge is 0.193 e. The van der Waals surface area contributed by atoms with Crippen molar-refractivity contribution in [1.82, 2.24) is 0 Å². The van der Waals surface area contributed by atoms with Gasteiger partial charge < -0.3 is 0 Å². The first-order valence-corrected chi connectivity index (χ1v) is 4.82. The van der Waals surface area contributed by atoms with E-state index in [1.807, 2.05) is 0 Å². The molecule has 2 aromatic rings. The van der Waals surface area contributed by atoms with Gasteiger partial charge in [-0.1, -0.05) is 12.1 Å². The number of rotatable bonds is 2. The molecular formula is C13H7F3O. The van der Waals surface area contributed by atoms with Crippen molar-refractivity contribution in [3.63, 3.8) is 0 Å². The predicted molar refractivity (Wildman–Crippen MR) is 56.2 cm³/mol. The summed E-state index contributed by atoms with van der Waals surface area (Å²) in [6.07, 6.45) is 0. The maximum Gasteiger partial charge on any atom is 0.193 e. The topological polar surface area (TPSA) is 17.1 Å². The van der Waals surface area contributed by atoms with Gasteiger partial charge in [0.1, 0.15) is 17.5 Å². The first-order chi connectivity index (χ1) is 8.06. The minimum atomic E-state index is -0.843. The number of halogens is 3. The van der Waals surface area contributed by atoms with E-state index < -0.39 is 23.2 Å². The second kappa shape index (κ2) is 4.41. The molecule has 4 heteroatoms. The lowest BCUT2D eigenvalue weighted by Gasteiger charge is -2.02. The van der Waals surface area contributed by atoms with E-state index in [0.29, 0.717) is 6.07 Å². The SMILES string of the molecule is O=C(c1cccc(F)c1)c1cc(F)cc(F)c1. The van der Waals surface area contributed by atoms with Gasteiger partial charge in [-0.25, -0.2) is 13.2 Å².